The molecule has 13 heteroatoms. The first-order valence-corrected chi connectivity index (χ1v) is 14.1. The Morgan fingerprint density at radius 2 is 1.85 bits per heavy atom. The lowest BCUT2D eigenvalue weighted by molar-refractivity contribution is -0.687. The van der Waals surface area contributed by atoms with Gasteiger partial charge in [0.25, 0.3) is 0 Å². The number of pyridine rings is 1. The number of methoxy groups -OCH3 is 1. The second-order valence-corrected chi connectivity index (χ2v) is 11.1. The summed E-state index contributed by atoms with van der Waals surface area (Å²) in [7, 11) is -2.15. The second kappa shape index (κ2) is 10.2. The number of hydrogen-bond acceptors (Lipinski definition) is 8. The number of halogens is 1. The van der Waals surface area contributed by atoms with Gasteiger partial charge in [-0.1, -0.05) is 17.3 Å². The number of sulfonamides is 1. The minimum absolute atomic E-state index is 0. The van der Waals surface area contributed by atoms with Crippen LogP contribution in [0.3, 0.4) is 0 Å². The van der Waals surface area contributed by atoms with E-state index in [1.807, 2.05) is 24.4 Å². The zero-order chi connectivity index (χ0) is 27.4. The number of benzene rings is 3. The van der Waals surface area contributed by atoms with Crippen molar-refractivity contribution in [1.82, 2.24) is 15.0 Å². The van der Waals surface area contributed by atoms with E-state index in [0.717, 1.165) is 46.5 Å². The Bertz CT molecular complexity index is 1910. The number of aryl methyl sites for hydroxylation is 2. The Labute approximate surface area is 241 Å². The lowest BCUT2D eigenvalue weighted by Crippen LogP contribution is -3.00. The molecule has 2 aliphatic heterocycles. The molecule has 2 aromatic heterocycles. The van der Waals surface area contributed by atoms with Crippen LogP contribution < -0.4 is 41.1 Å². The number of aromatic nitrogens is 4. The first-order valence-electron chi connectivity index (χ1n) is 12.5. The number of nitrogens with two attached hydrogens (primary N) is 1. The third kappa shape index (κ3) is 4.69. The number of nitrogens with zero attached hydrogens (tertiary/aromatic N) is 4. The zero-order valence-electron chi connectivity index (χ0n) is 21.8. The van der Waals surface area contributed by atoms with Gasteiger partial charge >= 0.3 is 0 Å². The lowest BCUT2D eigenvalue weighted by atomic mass is 9.91. The van der Waals surface area contributed by atoms with E-state index in [1.165, 1.54) is 17.7 Å². The van der Waals surface area contributed by atoms with Crippen molar-refractivity contribution >= 4 is 20.8 Å². The monoisotopic (exact) mass is 593 g/mol. The highest BCUT2D eigenvalue weighted by Gasteiger charge is 2.30. The molecule has 0 saturated carbocycles. The minimum Gasteiger partial charge on any atom is -1.00 e. The predicted octanol–water partition coefficient (Wildman–Crippen LogP) is -0.101. The smallest absolute Gasteiger partial charge is 0.238 e. The van der Waals surface area contributed by atoms with Gasteiger partial charge in [0.1, 0.15) is 12.3 Å². The van der Waals surface area contributed by atoms with Crippen molar-refractivity contribution in [3.8, 4) is 39.9 Å². The van der Waals surface area contributed by atoms with Gasteiger partial charge < -0.3 is 31.4 Å². The number of primary sulfonamides is 1. The highest BCUT2D eigenvalue weighted by Crippen LogP contribution is 2.43. The summed E-state index contributed by atoms with van der Waals surface area (Å²) >= 11 is 0. The van der Waals surface area contributed by atoms with Crippen molar-refractivity contribution in [3.63, 3.8) is 0 Å². The fourth-order valence-electron chi connectivity index (χ4n) is 5.25. The molecule has 2 aliphatic rings. The van der Waals surface area contributed by atoms with Crippen LogP contribution in [0.5, 0.6) is 23.0 Å². The molecule has 210 valence electrons. The highest BCUT2D eigenvalue weighted by atomic mass is 35.5. The first kappa shape index (κ1) is 26.8. The molecule has 0 fully saturated rings. The van der Waals surface area contributed by atoms with Gasteiger partial charge in [-0.25, -0.2) is 18.2 Å². The fraction of sp³-hybridized carbons (Fsp3) is 0.179. The molecule has 0 unspecified atom stereocenters. The fourth-order valence-corrected chi connectivity index (χ4v) is 5.76. The largest absolute Gasteiger partial charge is 1.00 e. The lowest BCUT2D eigenvalue weighted by Gasteiger charge is -2.20. The molecule has 0 radical (unpaired) electrons. The van der Waals surface area contributed by atoms with E-state index < -0.39 is 10.0 Å². The van der Waals surface area contributed by atoms with Gasteiger partial charge in [-0.15, -0.1) is 5.10 Å². The molecule has 0 amide bonds. The van der Waals surface area contributed by atoms with Gasteiger partial charge in [0, 0.05) is 11.8 Å². The topological polar surface area (TPSA) is 132 Å². The standard InChI is InChI=1S/C28H24N5O6S.ClH/c1-36-24-9-3-17-2-8-21-22(10-11-32-14-26-25(12-23(21)32)38-16-39-26)27(17)28(24)37-15-18-13-33(31-30-18)19-4-6-20(7-5-19)40(29,34)35;/h2-9,12-14H,10-11,15-16H2,1H3,(H2,29,34,35);1H/q+1;/p-1. The SMILES string of the molecule is COc1ccc2ccc3c(c2c1OCc1cn(-c2ccc(S(N)(=O)=O)cc2)nn1)CC[n+]1cc2c(cc1-3)OCO2.[Cl-]. The molecule has 0 spiro atoms. The number of ether oxygens (including phenoxy) is 4. The molecule has 0 atom stereocenters. The summed E-state index contributed by atoms with van der Waals surface area (Å²) in [6, 6.07) is 16.3. The van der Waals surface area contributed by atoms with Gasteiger partial charge in [0.15, 0.2) is 23.8 Å². The quantitative estimate of drug-likeness (QED) is 0.270. The molecule has 2 N–H and O–H groups in total. The first-order chi connectivity index (χ1) is 19.4. The van der Waals surface area contributed by atoms with Gasteiger partial charge in [-0.2, -0.15) is 4.57 Å². The van der Waals surface area contributed by atoms with Crippen LogP contribution in [-0.2, 0) is 29.6 Å². The van der Waals surface area contributed by atoms with Crippen LogP contribution in [0.25, 0.3) is 27.7 Å². The molecule has 5 aromatic rings. The van der Waals surface area contributed by atoms with Gasteiger partial charge in [-0.05, 0) is 47.3 Å². The maximum Gasteiger partial charge on any atom is 0.238 e. The summed E-state index contributed by atoms with van der Waals surface area (Å²) in [6.07, 6.45) is 4.53. The molecule has 7 rings (SSSR count). The molecule has 3 aromatic carbocycles. The van der Waals surface area contributed by atoms with E-state index in [0.29, 0.717) is 22.9 Å². The molecule has 0 aliphatic carbocycles. The van der Waals surface area contributed by atoms with E-state index in [4.69, 9.17) is 24.1 Å². The summed E-state index contributed by atoms with van der Waals surface area (Å²) in [5.74, 6) is 2.75. The van der Waals surface area contributed by atoms with Crippen LogP contribution in [0.1, 0.15) is 11.3 Å². The van der Waals surface area contributed by atoms with Crippen molar-refractivity contribution < 1.29 is 44.3 Å². The average molecular weight is 594 g/mol. The number of hydrogen-bond donors (Lipinski definition) is 1. The molecule has 0 saturated heterocycles. The third-order valence-electron chi connectivity index (χ3n) is 7.17. The Morgan fingerprint density at radius 1 is 1.07 bits per heavy atom. The van der Waals surface area contributed by atoms with Crippen LogP contribution in [0.4, 0.5) is 0 Å². The highest BCUT2D eigenvalue weighted by molar-refractivity contribution is 7.89. The molecule has 0 bridgehead atoms. The third-order valence-corrected chi connectivity index (χ3v) is 8.10. The summed E-state index contributed by atoms with van der Waals surface area (Å²) in [5, 5.41) is 15.6. The number of rotatable bonds is 6. The zero-order valence-corrected chi connectivity index (χ0v) is 23.4. The van der Waals surface area contributed by atoms with Crippen molar-refractivity contribution in [3.05, 3.63) is 78.2 Å². The van der Waals surface area contributed by atoms with Gasteiger partial charge in [0.05, 0.1) is 35.5 Å². The van der Waals surface area contributed by atoms with E-state index in [2.05, 4.69) is 27.0 Å². The predicted molar refractivity (Wildman–Crippen MR) is 143 cm³/mol. The van der Waals surface area contributed by atoms with E-state index in [-0.39, 0.29) is 30.7 Å². The molecular weight excluding hydrogens is 570 g/mol. The van der Waals surface area contributed by atoms with Crippen LogP contribution in [0.15, 0.2) is 71.9 Å². The normalized spacial score (nSPS) is 13.3. The maximum atomic E-state index is 11.5. The molecule has 11 nitrogen and oxygen atoms in total. The van der Waals surface area contributed by atoms with Gasteiger partial charge in [0.2, 0.25) is 34.5 Å². The number of fused-ring (bicyclic) bond motifs is 6. The average Bonchev–Trinajstić information content (AvgIpc) is 3.63. The summed E-state index contributed by atoms with van der Waals surface area (Å²) in [4.78, 5) is 0.0255. The summed E-state index contributed by atoms with van der Waals surface area (Å²) in [6.45, 7) is 1.16. The van der Waals surface area contributed by atoms with Crippen molar-refractivity contribution in [2.24, 2.45) is 5.14 Å². The van der Waals surface area contributed by atoms with Crippen LogP contribution >= 0.6 is 0 Å². The second-order valence-electron chi connectivity index (χ2n) is 9.51. The van der Waals surface area contributed by atoms with E-state index in [9.17, 15) is 8.42 Å². The van der Waals surface area contributed by atoms with E-state index in [1.54, 1.807) is 30.1 Å². The van der Waals surface area contributed by atoms with Crippen LogP contribution in [0, 0.1) is 0 Å². The molecule has 41 heavy (non-hydrogen) atoms. The summed E-state index contributed by atoms with van der Waals surface area (Å²) < 4.78 is 50.1. The van der Waals surface area contributed by atoms with E-state index >= 15 is 0 Å². The summed E-state index contributed by atoms with van der Waals surface area (Å²) in [5.41, 5.74) is 4.55. The Kier molecular flexibility index (Phi) is 6.68. The van der Waals surface area contributed by atoms with Gasteiger partial charge in [-0.3, -0.25) is 0 Å². The van der Waals surface area contributed by atoms with Crippen LogP contribution in [0.2, 0.25) is 0 Å². The Balaban J connectivity index is 0.00000302. The Hall–Kier alpha value is -4.39. The molecule has 4 heterocycles. The van der Waals surface area contributed by atoms with Crippen molar-refractivity contribution in [2.45, 2.75) is 24.5 Å². The molecular formula is C28H24ClN5O6S. The van der Waals surface area contributed by atoms with Crippen LogP contribution in [-0.4, -0.2) is 37.3 Å². The van der Waals surface area contributed by atoms with Crippen molar-refractivity contribution in [1.29, 1.82) is 0 Å². The maximum absolute atomic E-state index is 11.5. The minimum atomic E-state index is -3.78. The van der Waals surface area contributed by atoms with Crippen molar-refractivity contribution in [2.75, 3.05) is 13.9 Å². The Morgan fingerprint density at radius 3 is 2.63 bits per heavy atom.